The summed E-state index contributed by atoms with van der Waals surface area (Å²) in [4.78, 5) is 20.3. The van der Waals surface area contributed by atoms with Crippen LogP contribution in [-0.4, -0.2) is 19.2 Å². The van der Waals surface area contributed by atoms with Crippen LogP contribution in [0.3, 0.4) is 0 Å². The minimum absolute atomic E-state index is 0.462. The van der Waals surface area contributed by atoms with Gasteiger partial charge >= 0.3 is 11.4 Å². The van der Waals surface area contributed by atoms with E-state index in [4.69, 9.17) is 0 Å². The molecule has 0 fully saturated rings. The van der Waals surface area contributed by atoms with E-state index in [2.05, 4.69) is 10.4 Å². The molecular weight excluding hydrogens is 292 g/mol. The highest BCUT2D eigenvalue weighted by Gasteiger charge is 2.25. The molecule has 10 heteroatoms. The van der Waals surface area contributed by atoms with Gasteiger partial charge in [0.1, 0.15) is 0 Å². The third-order valence-corrected chi connectivity index (χ3v) is 2.95. The average molecular weight is 300 g/mol. The van der Waals surface area contributed by atoms with Crippen LogP contribution in [0.25, 0.3) is 10.8 Å². The molecule has 0 saturated carbocycles. The van der Waals surface area contributed by atoms with Gasteiger partial charge in [0.2, 0.25) is 0 Å². The second kappa shape index (κ2) is 5.09. The zero-order valence-corrected chi connectivity index (χ0v) is 10.9. The first-order valence-electron chi connectivity index (χ1n) is 6.04. The van der Waals surface area contributed by atoms with Crippen LogP contribution in [0, 0.1) is 20.2 Å². The molecule has 0 atom stereocenters. The van der Waals surface area contributed by atoms with Crippen molar-refractivity contribution < 1.29 is 9.85 Å². The van der Waals surface area contributed by atoms with Crippen LogP contribution in [0.15, 0.2) is 59.5 Å². The van der Waals surface area contributed by atoms with Gasteiger partial charge in [-0.2, -0.15) is 0 Å². The van der Waals surface area contributed by atoms with Crippen molar-refractivity contribution >= 4 is 22.1 Å². The van der Waals surface area contributed by atoms with Crippen molar-refractivity contribution in [1.29, 1.82) is 0 Å². The van der Waals surface area contributed by atoms with Crippen LogP contribution in [-0.2, 0) is 0 Å². The molecule has 2 heterocycles. The Morgan fingerprint density at radius 2 is 1.27 bits per heavy atom. The van der Waals surface area contributed by atoms with Gasteiger partial charge in [0.05, 0.1) is 9.85 Å². The van der Waals surface area contributed by atoms with Crippen molar-refractivity contribution in [1.82, 2.24) is 9.35 Å². The minimum atomic E-state index is -0.781. The predicted octanol–water partition coefficient (Wildman–Crippen LogP) is 2.94. The lowest BCUT2D eigenvalue weighted by Crippen LogP contribution is -1.95. The molecule has 0 radical (unpaired) electrons. The third kappa shape index (κ3) is 2.40. The van der Waals surface area contributed by atoms with Gasteiger partial charge in [-0.25, -0.2) is 9.35 Å². The Bertz CT molecular complexity index is 845. The normalized spacial score (nSPS) is 11.3. The van der Waals surface area contributed by atoms with E-state index >= 15 is 0 Å². The van der Waals surface area contributed by atoms with Crippen LogP contribution >= 0.6 is 0 Å². The van der Waals surface area contributed by atoms with Gasteiger partial charge in [-0.15, -0.1) is 0 Å². The summed E-state index contributed by atoms with van der Waals surface area (Å²) in [7, 11) is 0. The number of hydrogen-bond donors (Lipinski definition) is 0. The molecule has 0 aliphatic carbocycles. The van der Waals surface area contributed by atoms with E-state index < -0.39 is 21.2 Å². The van der Waals surface area contributed by atoms with Crippen molar-refractivity contribution in [3.05, 3.63) is 69.3 Å². The predicted molar refractivity (Wildman–Crippen MR) is 75.3 cm³/mol. The SMILES string of the molecule is O=[N+]([O-])c1cc2cn(N=Nn3cccc3)cc2cc1[N+](=O)[O-]. The molecular formula is C12H8N6O4. The molecule has 0 aliphatic heterocycles. The minimum Gasteiger partial charge on any atom is -0.258 e. The van der Waals surface area contributed by atoms with Gasteiger partial charge in [-0.3, -0.25) is 20.2 Å². The number of fused-ring (bicyclic) bond motifs is 1. The fourth-order valence-corrected chi connectivity index (χ4v) is 1.98. The molecule has 0 saturated heterocycles. The number of nitrogens with zero attached hydrogens (tertiary/aromatic N) is 6. The highest BCUT2D eigenvalue weighted by molar-refractivity contribution is 5.88. The van der Waals surface area contributed by atoms with E-state index in [9.17, 15) is 20.2 Å². The number of nitro benzene ring substituents is 2. The number of aromatic nitrogens is 2. The molecule has 2 aromatic heterocycles. The topological polar surface area (TPSA) is 121 Å². The van der Waals surface area contributed by atoms with Crippen LogP contribution in [0.4, 0.5) is 11.4 Å². The van der Waals surface area contributed by atoms with Gasteiger partial charge in [-0.05, 0) is 22.6 Å². The van der Waals surface area contributed by atoms with Crippen molar-refractivity contribution in [3.63, 3.8) is 0 Å². The molecule has 0 amide bonds. The molecule has 0 N–H and O–H groups in total. The van der Waals surface area contributed by atoms with Gasteiger partial charge in [0, 0.05) is 47.7 Å². The van der Waals surface area contributed by atoms with Crippen LogP contribution in [0.2, 0.25) is 0 Å². The Kier molecular flexibility index (Phi) is 3.10. The van der Waals surface area contributed by atoms with Gasteiger partial charge in [-0.1, -0.05) is 0 Å². The standard InChI is InChI=1S/C12H8N6O4/c19-17(20)11-5-9-7-16(14-13-15-3-1-2-4-15)8-10(9)6-12(11)18(21)22/h1-8H. The summed E-state index contributed by atoms with van der Waals surface area (Å²) in [6.07, 6.45) is 6.36. The maximum atomic E-state index is 10.9. The van der Waals surface area contributed by atoms with E-state index in [1.807, 2.05) is 0 Å². The molecule has 3 rings (SSSR count). The maximum absolute atomic E-state index is 10.9. The summed E-state index contributed by atoms with van der Waals surface area (Å²) >= 11 is 0. The van der Waals surface area contributed by atoms with Crippen LogP contribution < -0.4 is 0 Å². The Morgan fingerprint density at radius 1 is 0.818 bits per heavy atom. The summed E-state index contributed by atoms with van der Waals surface area (Å²) in [5, 5.41) is 30.5. The van der Waals surface area contributed by atoms with Gasteiger partial charge < -0.3 is 0 Å². The average Bonchev–Trinajstić information content (AvgIpc) is 3.12. The molecule has 0 unspecified atom stereocenters. The van der Waals surface area contributed by atoms with E-state index in [0.717, 1.165) is 12.1 Å². The first kappa shape index (κ1) is 13.4. The summed E-state index contributed by atoms with van der Waals surface area (Å²) in [6, 6.07) is 5.85. The maximum Gasteiger partial charge on any atom is 0.346 e. The smallest absolute Gasteiger partial charge is 0.258 e. The lowest BCUT2D eigenvalue weighted by molar-refractivity contribution is -0.422. The third-order valence-electron chi connectivity index (χ3n) is 2.95. The molecule has 10 nitrogen and oxygen atoms in total. The molecule has 3 aromatic rings. The lowest BCUT2D eigenvalue weighted by atomic mass is 10.2. The van der Waals surface area contributed by atoms with Crippen molar-refractivity contribution in [2.45, 2.75) is 0 Å². The second-order valence-corrected chi connectivity index (χ2v) is 4.36. The van der Waals surface area contributed by atoms with E-state index in [0.29, 0.717) is 10.8 Å². The quantitative estimate of drug-likeness (QED) is 0.417. The monoisotopic (exact) mass is 300 g/mol. The van der Waals surface area contributed by atoms with E-state index in [1.165, 1.54) is 21.7 Å². The summed E-state index contributed by atoms with van der Waals surface area (Å²) in [6.45, 7) is 0. The second-order valence-electron chi connectivity index (χ2n) is 4.36. The van der Waals surface area contributed by atoms with Crippen molar-refractivity contribution in [3.8, 4) is 0 Å². The zero-order chi connectivity index (χ0) is 15.7. The Hall–Kier alpha value is -3.56. The molecule has 0 aliphatic rings. The van der Waals surface area contributed by atoms with Gasteiger partial charge in [0.25, 0.3) is 0 Å². The van der Waals surface area contributed by atoms with Crippen LogP contribution in [0.5, 0.6) is 0 Å². The number of rotatable bonds is 4. The Labute approximate surface area is 122 Å². The Morgan fingerprint density at radius 3 is 1.73 bits per heavy atom. The van der Waals surface area contributed by atoms with Crippen molar-refractivity contribution in [2.75, 3.05) is 0 Å². The first-order chi connectivity index (χ1) is 10.5. The molecule has 0 bridgehead atoms. The molecule has 1 aromatic carbocycles. The van der Waals surface area contributed by atoms with Crippen molar-refractivity contribution in [2.24, 2.45) is 10.4 Å². The first-order valence-corrected chi connectivity index (χ1v) is 6.04. The number of nitro groups is 2. The highest BCUT2D eigenvalue weighted by Crippen LogP contribution is 2.32. The zero-order valence-electron chi connectivity index (χ0n) is 10.9. The van der Waals surface area contributed by atoms with E-state index in [1.54, 1.807) is 24.5 Å². The molecule has 0 spiro atoms. The van der Waals surface area contributed by atoms with Crippen LogP contribution in [0.1, 0.15) is 0 Å². The fraction of sp³-hybridized carbons (Fsp3) is 0. The fourth-order valence-electron chi connectivity index (χ4n) is 1.98. The van der Waals surface area contributed by atoms with Gasteiger partial charge in [0.15, 0.2) is 0 Å². The summed E-state index contributed by atoms with van der Waals surface area (Å²) in [5.74, 6) is 0. The lowest BCUT2D eigenvalue weighted by Gasteiger charge is -1.94. The highest BCUT2D eigenvalue weighted by atomic mass is 16.6. The molecule has 22 heavy (non-hydrogen) atoms. The Balaban J connectivity index is 2.06. The van der Waals surface area contributed by atoms with E-state index in [-0.39, 0.29) is 0 Å². The summed E-state index contributed by atoms with van der Waals surface area (Å²) in [5.41, 5.74) is -1.12. The number of hydrogen-bond acceptors (Lipinski definition) is 6. The molecule has 110 valence electrons. The number of benzene rings is 1. The largest absolute Gasteiger partial charge is 0.346 e. The summed E-state index contributed by atoms with van der Waals surface area (Å²) < 4.78 is 2.80.